The van der Waals surface area contributed by atoms with Crippen molar-refractivity contribution in [3.8, 4) is 0 Å². The van der Waals surface area contributed by atoms with Crippen LogP contribution in [0.4, 0.5) is 0 Å². The SMILES string of the molecule is CC(C)C[C@@H](NC(=O)/C(=C/c1ccco1)NC(=O)c1ccc(Br)o1)C(=O)O. The monoisotopic (exact) mass is 438 g/mol. The summed E-state index contributed by atoms with van der Waals surface area (Å²) in [5, 5.41) is 14.2. The summed E-state index contributed by atoms with van der Waals surface area (Å²) in [6, 6.07) is 5.08. The highest BCUT2D eigenvalue weighted by atomic mass is 79.9. The first-order valence-electron chi connectivity index (χ1n) is 8.11. The van der Waals surface area contributed by atoms with Gasteiger partial charge in [-0.25, -0.2) is 4.79 Å². The lowest BCUT2D eigenvalue weighted by molar-refractivity contribution is -0.141. The Morgan fingerprint density at radius 2 is 2.00 bits per heavy atom. The summed E-state index contributed by atoms with van der Waals surface area (Å²) in [4.78, 5) is 36.3. The van der Waals surface area contributed by atoms with Gasteiger partial charge in [0.1, 0.15) is 17.5 Å². The van der Waals surface area contributed by atoms with E-state index in [2.05, 4.69) is 26.6 Å². The van der Waals surface area contributed by atoms with Gasteiger partial charge in [0.25, 0.3) is 11.8 Å². The number of nitrogens with one attached hydrogen (secondary N) is 2. The number of furan rings is 2. The molecule has 0 spiro atoms. The van der Waals surface area contributed by atoms with Crippen molar-refractivity contribution in [3.05, 3.63) is 52.4 Å². The van der Waals surface area contributed by atoms with Crippen LogP contribution >= 0.6 is 15.9 Å². The van der Waals surface area contributed by atoms with Crippen molar-refractivity contribution in [2.75, 3.05) is 0 Å². The fourth-order valence-electron chi connectivity index (χ4n) is 2.22. The molecule has 0 bridgehead atoms. The molecular formula is C18H19BrN2O6. The van der Waals surface area contributed by atoms with E-state index in [1.54, 1.807) is 12.1 Å². The van der Waals surface area contributed by atoms with E-state index in [0.29, 0.717) is 10.4 Å². The first-order valence-corrected chi connectivity index (χ1v) is 8.91. The molecule has 0 saturated carbocycles. The zero-order valence-electron chi connectivity index (χ0n) is 14.7. The van der Waals surface area contributed by atoms with E-state index in [1.807, 2.05) is 13.8 Å². The van der Waals surface area contributed by atoms with E-state index in [-0.39, 0.29) is 23.8 Å². The van der Waals surface area contributed by atoms with Gasteiger partial charge in [-0.1, -0.05) is 13.8 Å². The number of halogens is 1. The van der Waals surface area contributed by atoms with Gasteiger partial charge < -0.3 is 24.6 Å². The second-order valence-electron chi connectivity index (χ2n) is 6.13. The minimum absolute atomic E-state index is 0.0167. The fraction of sp³-hybridized carbons (Fsp3) is 0.278. The predicted molar refractivity (Wildman–Crippen MR) is 99.6 cm³/mol. The molecule has 0 fully saturated rings. The van der Waals surface area contributed by atoms with Crippen molar-refractivity contribution in [1.29, 1.82) is 0 Å². The Balaban J connectivity index is 2.22. The molecule has 2 amide bonds. The van der Waals surface area contributed by atoms with Gasteiger partial charge >= 0.3 is 5.97 Å². The molecule has 144 valence electrons. The average molecular weight is 439 g/mol. The quantitative estimate of drug-likeness (QED) is 0.544. The second-order valence-corrected chi connectivity index (χ2v) is 6.91. The van der Waals surface area contributed by atoms with Crippen molar-refractivity contribution in [2.24, 2.45) is 5.92 Å². The van der Waals surface area contributed by atoms with Crippen LogP contribution in [0.15, 0.2) is 49.7 Å². The number of rotatable bonds is 8. The Bertz CT molecular complexity index is 838. The lowest BCUT2D eigenvalue weighted by atomic mass is 10.0. The number of carboxylic acid groups (broad SMARTS) is 1. The molecule has 9 heteroatoms. The maximum Gasteiger partial charge on any atom is 0.326 e. The number of amides is 2. The maximum absolute atomic E-state index is 12.6. The van der Waals surface area contributed by atoms with Crippen molar-refractivity contribution >= 4 is 39.8 Å². The minimum atomic E-state index is -1.16. The molecular weight excluding hydrogens is 420 g/mol. The van der Waals surface area contributed by atoms with Crippen molar-refractivity contribution in [2.45, 2.75) is 26.3 Å². The van der Waals surface area contributed by atoms with Crippen LogP contribution in [0, 0.1) is 5.92 Å². The molecule has 2 aromatic heterocycles. The number of hydrogen-bond acceptors (Lipinski definition) is 5. The largest absolute Gasteiger partial charge is 0.480 e. The van der Waals surface area contributed by atoms with Gasteiger partial charge in [0.15, 0.2) is 10.4 Å². The molecule has 0 aliphatic rings. The van der Waals surface area contributed by atoms with Crippen LogP contribution < -0.4 is 10.6 Å². The van der Waals surface area contributed by atoms with Crippen LogP contribution in [0.1, 0.15) is 36.6 Å². The summed E-state index contributed by atoms with van der Waals surface area (Å²) in [7, 11) is 0. The van der Waals surface area contributed by atoms with E-state index >= 15 is 0 Å². The average Bonchev–Trinajstić information content (AvgIpc) is 3.24. The highest BCUT2D eigenvalue weighted by Crippen LogP contribution is 2.15. The zero-order chi connectivity index (χ0) is 20.0. The third-order valence-corrected chi connectivity index (χ3v) is 3.86. The Hall–Kier alpha value is -2.81. The molecule has 2 heterocycles. The minimum Gasteiger partial charge on any atom is -0.480 e. The molecule has 27 heavy (non-hydrogen) atoms. The van der Waals surface area contributed by atoms with Gasteiger partial charge in [-0.15, -0.1) is 0 Å². The zero-order valence-corrected chi connectivity index (χ0v) is 16.3. The molecule has 2 aromatic rings. The van der Waals surface area contributed by atoms with Gasteiger partial charge in [-0.05, 0) is 52.5 Å². The molecule has 2 rings (SSSR count). The van der Waals surface area contributed by atoms with Crippen LogP contribution in [0.25, 0.3) is 6.08 Å². The van der Waals surface area contributed by atoms with Gasteiger partial charge in [0.05, 0.1) is 6.26 Å². The molecule has 0 unspecified atom stereocenters. The van der Waals surface area contributed by atoms with E-state index in [4.69, 9.17) is 8.83 Å². The molecule has 0 saturated heterocycles. The first kappa shape index (κ1) is 20.5. The highest BCUT2D eigenvalue weighted by Gasteiger charge is 2.24. The van der Waals surface area contributed by atoms with E-state index in [0.717, 1.165) is 0 Å². The third kappa shape index (κ3) is 6.14. The molecule has 1 atom stereocenters. The Labute approximate surface area is 163 Å². The second kappa shape index (κ2) is 9.22. The summed E-state index contributed by atoms with van der Waals surface area (Å²) in [5.41, 5.74) is -0.169. The summed E-state index contributed by atoms with van der Waals surface area (Å²) in [5.74, 6) is -2.22. The molecule has 3 N–H and O–H groups in total. The van der Waals surface area contributed by atoms with Crippen LogP contribution in [0.5, 0.6) is 0 Å². The van der Waals surface area contributed by atoms with Crippen LogP contribution in [0.2, 0.25) is 0 Å². The smallest absolute Gasteiger partial charge is 0.326 e. The van der Waals surface area contributed by atoms with Crippen LogP contribution in [-0.2, 0) is 9.59 Å². The molecule has 0 aliphatic carbocycles. The number of aliphatic carboxylic acids is 1. The van der Waals surface area contributed by atoms with E-state index in [1.165, 1.54) is 24.5 Å². The summed E-state index contributed by atoms with van der Waals surface area (Å²) in [6.45, 7) is 3.69. The van der Waals surface area contributed by atoms with Gasteiger partial charge in [-0.2, -0.15) is 0 Å². The fourth-order valence-corrected chi connectivity index (χ4v) is 2.53. The lowest BCUT2D eigenvalue weighted by Gasteiger charge is -2.17. The Morgan fingerprint density at radius 3 is 2.52 bits per heavy atom. The Kier molecular flexibility index (Phi) is 7.00. The molecule has 0 radical (unpaired) electrons. The summed E-state index contributed by atoms with van der Waals surface area (Å²) < 4.78 is 10.7. The van der Waals surface area contributed by atoms with E-state index < -0.39 is 23.8 Å². The first-order chi connectivity index (χ1) is 12.8. The number of carbonyl (C=O) groups excluding carboxylic acids is 2. The van der Waals surface area contributed by atoms with Crippen molar-refractivity contribution in [1.82, 2.24) is 10.6 Å². The lowest BCUT2D eigenvalue weighted by Crippen LogP contribution is -2.44. The highest BCUT2D eigenvalue weighted by molar-refractivity contribution is 9.10. The topological polar surface area (TPSA) is 122 Å². The third-order valence-electron chi connectivity index (χ3n) is 3.43. The Morgan fingerprint density at radius 1 is 1.26 bits per heavy atom. The van der Waals surface area contributed by atoms with Gasteiger partial charge in [0.2, 0.25) is 0 Å². The van der Waals surface area contributed by atoms with Gasteiger partial charge in [-0.3, -0.25) is 9.59 Å². The molecule has 0 aromatic carbocycles. The van der Waals surface area contributed by atoms with Crippen molar-refractivity contribution < 1.29 is 28.3 Å². The number of hydrogen-bond donors (Lipinski definition) is 3. The summed E-state index contributed by atoms with van der Waals surface area (Å²) in [6.07, 6.45) is 2.96. The summed E-state index contributed by atoms with van der Waals surface area (Å²) >= 11 is 3.09. The number of carboxylic acids is 1. The van der Waals surface area contributed by atoms with Crippen molar-refractivity contribution in [3.63, 3.8) is 0 Å². The maximum atomic E-state index is 12.6. The normalized spacial score (nSPS) is 12.7. The molecule has 0 aliphatic heterocycles. The van der Waals surface area contributed by atoms with Crippen LogP contribution in [0.3, 0.4) is 0 Å². The van der Waals surface area contributed by atoms with E-state index in [9.17, 15) is 19.5 Å². The number of carbonyl (C=O) groups is 3. The van der Waals surface area contributed by atoms with Crippen LogP contribution in [-0.4, -0.2) is 28.9 Å². The predicted octanol–water partition coefficient (Wildman–Crippen LogP) is 3.02. The molecule has 8 nitrogen and oxygen atoms in total. The standard InChI is InChI=1S/C18H19BrN2O6/c1-10(2)8-13(18(24)25)21-16(22)12(9-11-4-3-7-26-11)20-17(23)14-5-6-15(19)27-14/h3-7,9-10,13H,8H2,1-2H3,(H,20,23)(H,21,22)(H,24,25)/b12-9-/t13-/m1/s1. The van der Waals surface area contributed by atoms with Gasteiger partial charge in [0, 0.05) is 6.08 Å².